The van der Waals surface area contributed by atoms with Gasteiger partial charge in [0.25, 0.3) is 0 Å². The first-order valence-corrected chi connectivity index (χ1v) is 10.5. The Morgan fingerprint density at radius 3 is 2.21 bits per heavy atom. The van der Waals surface area contributed by atoms with Crippen LogP contribution in [0, 0.1) is 0 Å². The minimum Gasteiger partial charge on any atom is -0.355 e. The summed E-state index contributed by atoms with van der Waals surface area (Å²) in [5.41, 5.74) is 2.53. The number of aromatic nitrogens is 3. The second kappa shape index (κ2) is 10.1. The normalized spacial score (nSPS) is 11.1. The Morgan fingerprint density at radius 1 is 1.04 bits per heavy atom. The number of hydrogen-bond donors (Lipinski definition) is 1. The molecule has 0 spiro atoms. The van der Waals surface area contributed by atoms with Gasteiger partial charge in [-0.2, -0.15) is 0 Å². The van der Waals surface area contributed by atoms with E-state index in [2.05, 4.69) is 77.9 Å². The van der Waals surface area contributed by atoms with Gasteiger partial charge in [0.15, 0.2) is 5.16 Å². The minimum atomic E-state index is 0.0168. The highest BCUT2D eigenvalue weighted by molar-refractivity contribution is 7.99. The quantitative estimate of drug-likeness (QED) is 0.550. The number of rotatable bonds is 9. The summed E-state index contributed by atoms with van der Waals surface area (Å²) in [5, 5.41) is 11.8. The fourth-order valence-electron chi connectivity index (χ4n) is 3.12. The first kappa shape index (κ1) is 20.1. The molecule has 0 unspecified atom stereocenters. The second-order valence-electron chi connectivity index (χ2n) is 6.92. The SMILES string of the molecule is CC(C)n1cnnc1SCC(=O)NCCC(c1ccccc1)c1ccccc1. The van der Waals surface area contributed by atoms with Crippen LogP contribution < -0.4 is 5.32 Å². The molecular formula is C22H26N4OS. The lowest BCUT2D eigenvalue weighted by molar-refractivity contribution is -0.118. The van der Waals surface area contributed by atoms with Crippen LogP contribution in [0.1, 0.15) is 43.4 Å². The molecule has 1 heterocycles. The van der Waals surface area contributed by atoms with Gasteiger partial charge in [0.2, 0.25) is 5.91 Å². The van der Waals surface area contributed by atoms with Crippen LogP contribution in [0.15, 0.2) is 72.1 Å². The summed E-state index contributed by atoms with van der Waals surface area (Å²) in [4.78, 5) is 12.3. The fraction of sp³-hybridized carbons (Fsp3) is 0.318. The van der Waals surface area contributed by atoms with E-state index >= 15 is 0 Å². The van der Waals surface area contributed by atoms with E-state index in [0.29, 0.717) is 12.3 Å². The van der Waals surface area contributed by atoms with Crippen molar-refractivity contribution in [3.05, 3.63) is 78.1 Å². The average Bonchev–Trinajstić information content (AvgIpc) is 3.20. The third-order valence-corrected chi connectivity index (χ3v) is 5.55. The molecule has 0 aliphatic carbocycles. The lowest BCUT2D eigenvalue weighted by atomic mass is 9.88. The topological polar surface area (TPSA) is 59.8 Å². The van der Waals surface area contributed by atoms with Crippen molar-refractivity contribution in [2.24, 2.45) is 0 Å². The van der Waals surface area contributed by atoms with Crippen molar-refractivity contribution in [1.82, 2.24) is 20.1 Å². The first-order chi connectivity index (χ1) is 13.6. The molecular weight excluding hydrogens is 368 g/mol. The van der Waals surface area contributed by atoms with Gasteiger partial charge in [-0.1, -0.05) is 72.4 Å². The average molecular weight is 395 g/mol. The highest BCUT2D eigenvalue weighted by atomic mass is 32.2. The standard InChI is InChI=1S/C22H26N4OS/c1-17(2)26-16-24-25-22(26)28-15-21(27)23-14-13-20(18-9-5-3-6-10-18)19-11-7-4-8-12-19/h3-12,16-17,20H,13-15H2,1-2H3,(H,23,27). The number of nitrogens with one attached hydrogen (secondary N) is 1. The van der Waals surface area contributed by atoms with Gasteiger partial charge in [-0.3, -0.25) is 4.79 Å². The van der Waals surface area contributed by atoms with Crippen LogP contribution in [-0.2, 0) is 4.79 Å². The summed E-state index contributed by atoms with van der Waals surface area (Å²) in [5.74, 6) is 0.620. The number of carbonyl (C=O) groups is 1. The predicted octanol–water partition coefficient (Wildman–Crippen LogP) is 4.29. The van der Waals surface area contributed by atoms with Crippen molar-refractivity contribution in [2.45, 2.75) is 37.4 Å². The van der Waals surface area contributed by atoms with E-state index in [0.717, 1.165) is 11.6 Å². The maximum absolute atomic E-state index is 12.3. The molecule has 6 heteroatoms. The zero-order chi connectivity index (χ0) is 19.8. The Hall–Kier alpha value is -2.60. The molecule has 3 aromatic rings. The van der Waals surface area contributed by atoms with Gasteiger partial charge >= 0.3 is 0 Å². The molecule has 2 aromatic carbocycles. The molecule has 1 amide bonds. The third-order valence-electron chi connectivity index (χ3n) is 4.59. The molecule has 0 radical (unpaired) electrons. The monoisotopic (exact) mass is 394 g/mol. The van der Waals surface area contributed by atoms with Gasteiger partial charge in [0.1, 0.15) is 6.33 Å². The number of carbonyl (C=O) groups excluding carboxylic acids is 1. The van der Waals surface area contributed by atoms with Crippen molar-refractivity contribution in [3.63, 3.8) is 0 Å². The lowest BCUT2D eigenvalue weighted by Gasteiger charge is -2.18. The minimum absolute atomic E-state index is 0.0168. The lowest BCUT2D eigenvalue weighted by Crippen LogP contribution is -2.27. The summed E-state index contributed by atoms with van der Waals surface area (Å²) >= 11 is 1.42. The van der Waals surface area contributed by atoms with E-state index in [9.17, 15) is 4.79 Å². The van der Waals surface area contributed by atoms with Gasteiger partial charge < -0.3 is 9.88 Å². The summed E-state index contributed by atoms with van der Waals surface area (Å²) in [6.07, 6.45) is 2.56. The predicted molar refractivity (Wildman–Crippen MR) is 113 cm³/mol. The van der Waals surface area contributed by atoms with E-state index in [1.54, 1.807) is 6.33 Å². The number of nitrogens with zero attached hydrogens (tertiary/aromatic N) is 3. The van der Waals surface area contributed by atoms with Crippen molar-refractivity contribution in [1.29, 1.82) is 0 Å². The van der Waals surface area contributed by atoms with E-state index in [-0.39, 0.29) is 17.9 Å². The van der Waals surface area contributed by atoms with Crippen LogP contribution in [0.25, 0.3) is 0 Å². The number of thioether (sulfide) groups is 1. The van der Waals surface area contributed by atoms with Crippen molar-refractivity contribution < 1.29 is 4.79 Å². The number of hydrogen-bond acceptors (Lipinski definition) is 4. The molecule has 0 saturated heterocycles. The van der Waals surface area contributed by atoms with E-state index in [1.807, 2.05) is 16.7 Å². The van der Waals surface area contributed by atoms with Gasteiger partial charge in [-0.25, -0.2) is 0 Å². The smallest absolute Gasteiger partial charge is 0.230 e. The second-order valence-corrected chi connectivity index (χ2v) is 7.86. The Labute approximate surface area is 170 Å². The molecule has 1 aromatic heterocycles. The van der Waals surface area contributed by atoms with Crippen molar-refractivity contribution >= 4 is 17.7 Å². The molecule has 0 saturated carbocycles. The highest BCUT2D eigenvalue weighted by Gasteiger charge is 2.15. The van der Waals surface area contributed by atoms with Gasteiger partial charge in [0, 0.05) is 18.5 Å². The van der Waals surface area contributed by atoms with Gasteiger partial charge in [-0.05, 0) is 31.4 Å². The van der Waals surface area contributed by atoms with Crippen LogP contribution >= 0.6 is 11.8 Å². The molecule has 0 fully saturated rings. The fourth-order valence-corrected chi connectivity index (χ4v) is 4.00. The molecule has 0 atom stereocenters. The summed E-state index contributed by atoms with van der Waals surface area (Å²) < 4.78 is 1.97. The van der Waals surface area contributed by atoms with E-state index in [1.165, 1.54) is 22.9 Å². The molecule has 28 heavy (non-hydrogen) atoms. The largest absolute Gasteiger partial charge is 0.355 e. The van der Waals surface area contributed by atoms with Crippen molar-refractivity contribution in [3.8, 4) is 0 Å². The van der Waals surface area contributed by atoms with Crippen LogP contribution in [0.2, 0.25) is 0 Å². The highest BCUT2D eigenvalue weighted by Crippen LogP contribution is 2.27. The maximum Gasteiger partial charge on any atom is 0.230 e. The maximum atomic E-state index is 12.3. The summed E-state index contributed by atoms with van der Waals surface area (Å²) in [6, 6.07) is 21.2. The van der Waals surface area contributed by atoms with Crippen LogP contribution in [0.3, 0.4) is 0 Å². The Bertz CT molecular complexity index is 825. The van der Waals surface area contributed by atoms with Crippen molar-refractivity contribution in [2.75, 3.05) is 12.3 Å². The summed E-state index contributed by atoms with van der Waals surface area (Å²) in [7, 11) is 0. The van der Waals surface area contributed by atoms with Crippen LogP contribution in [0.4, 0.5) is 0 Å². The third kappa shape index (κ3) is 5.45. The molecule has 0 aliphatic rings. The zero-order valence-electron chi connectivity index (χ0n) is 16.3. The molecule has 146 valence electrons. The Balaban J connectivity index is 1.54. The van der Waals surface area contributed by atoms with Crippen LogP contribution in [0.5, 0.6) is 0 Å². The molecule has 3 rings (SSSR count). The summed E-state index contributed by atoms with van der Waals surface area (Å²) in [6.45, 7) is 4.77. The molecule has 0 bridgehead atoms. The number of benzene rings is 2. The Kier molecular flexibility index (Phi) is 7.25. The molecule has 5 nitrogen and oxygen atoms in total. The molecule has 1 N–H and O–H groups in total. The number of amides is 1. The first-order valence-electron chi connectivity index (χ1n) is 9.54. The molecule has 0 aliphatic heterocycles. The van der Waals surface area contributed by atoms with E-state index in [4.69, 9.17) is 0 Å². The van der Waals surface area contributed by atoms with Gasteiger partial charge in [0.05, 0.1) is 5.75 Å². The zero-order valence-corrected chi connectivity index (χ0v) is 17.1. The van der Waals surface area contributed by atoms with Gasteiger partial charge in [-0.15, -0.1) is 10.2 Å². The van der Waals surface area contributed by atoms with Crippen LogP contribution in [-0.4, -0.2) is 33.0 Å². The van der Waals surface area contributed by atoms with E-state index < -0.39 is 0 Å². The Morgan fingerprint density at radius 2 is 1.64 bits per heavy atom.